The average Bonchev–Trinajstić information content (AvgIpc) is 3.20. The lowest BCUT2D eigenvalue weighted by atomic mass is 9.87. The fourth-order valence-corrected chi connectivity index (χ4v) is 5.26. The van der Waals surface area contributed by atoms with Gasteiger partial charge in [-0.1, -0.05) is 25.4 Å². The van der Waals surface area contributed by atoms with E-state index >= 15 is 0 Å². The van der Waals surface area contributed by atoms with Crippen LogP contribution in [0, 0.1) is 5.92 Å². The van der Waals surface area contributed by atoms with Crippen molar-refractivity contribution in [3.05, 3.63) is 51.1 Å². The molecule has 3 heterocycles. The number of hydrogen-bond donors (Lipinski definition) is 1. The van der Waals surface area contributed by atoms with Crippen LogP contribution in [0.5, 0.6) is 6.01 Å². The van der Waals surface area contributed by atoms with Gasteiger partial charge in [0.15, 0.2) is 0 Å². The van der Waals surface area contributed by atoms with Crippen molar-refractivity contribution < 1.29 is 19.5 Å². The number of carbonyl (C=O) groups is 1. The summed E-state index contributed by atoms with van der Waals surface area (Å²) in [6.45, 7) is 6.40. The maximum absolute atomic E-state index is 11.3. The number of halogens is 1. The number of thiophene rings is 1. The van der Waals surface area contributed by atoms with Crippen LogP contribution in [-0.2, 0) is 16.2 Å². The molecular formula is C24H29ClN4O4S. The third-order valence-corrected chi connectivity index (χ3v) is 7.33. The Morgan fingerprint density at radius 3 is 2.76 bits per heavy atom. The molecule has 0 radical (unpaired) electrons. The normalized spacial score (nSPS) is 22.7. The molecule has 0 spiro atoms. The minimum Gasteiger partial charge on any atom is -0.481 e. The van der Waals surface area contributed by atoms with E-state index in [2.05, 4.69) is 23.8 Å². The monoisotopic (exact) mass is 504 g/mol. The lowest BCUT2D eigenvalue weighted by Gasteiger charge is -2.34. The van der Waals surface area contributed by atoms with Crippen molar-refractivity contribution in [2.75, 3.05) is 0 Å². The number of allylic oxidation sites excluding steroid dienone is 1. The highest BCUT2D eigenvalue weighted by molar-refractivity contribution is 7.18. The highest BCUT2D eigenvalue weighted by Gasteiger charge is 2.30. The van der Waals surface area contributed by atoms with Crippen LogP contribution in [0.15, 0.2) is 35.7 Å². The van der Waals surface area contributed by atoms with E-state index in [1.165, 1.54) is 11.3 Å². The summed E-state index contributed by atoms with van der Waals surface area (Å²) >= 11 is 7.77. The number of carboxylic acids is 1. The minimum atomic E-state index is -0.749. The van der Waals surface area contributed by atoms with E-state index in [0.717, 1.165) is 34.6 Å². The first-order valence-corrected chi connectivity index (χ1v) is 12.7. The lowest BCUT2D eigenvalue weighted by Crippen LogP contribution is -2.37. The lowest BCUT2D eigenvalue weighted by molar-refractivity contribution is -0.198. The van der Waals surface area contributed by atoms with Crippen molar-refractivity contribution >= 4 is 34.6 Å². The molecule has 1 saturated carbocycles. The van der Waals surface area contributed by atoms with Crippen molar-refractivity contribution in [3.8, 4) is 6.01 Å². The Kier molecular flexibility index (Phi) is 7.85. The topological polar surface area (TPSA) is 97.1 Å². The summed E-state index contributed by atoms with van der Waals surface area (Å²) in [6.07, 6.45) is 9.84. The van der Waals surface area contributed by atoms with Gasteiger partial charge in [0.25, 0.3) is 0 Å². The molecule has 10 heteroatoms. The summed E-state index contributed by atoms with van der Waals surface area (Å²) in [5, 5.41) is 11.0. The summed E-state index contributed by atoms with van der Waals surface area (Å²) < 4.78 is 6.46. The Bertz CT molecular complexity index is 1070. The molecule has 2 aromatic heterocycles. The molecule has 1 aliphatic carbocycles. The SMILES string of the molecule is CC(C)c1cnc(OCc2cc(Cl)sc2C2=NC(C)N(O[C@H]3CCC[C@H](C(=O)O)C3)C=C2)nc1. The number of aromatic nitrogens is 2. The molecule has 182 valence electrons. The number of ether oxygens (including phenoxy) is 1. The standard InChI is InChI=1S/C24H29ClN4O4S/c1-14(2)18-11-26-24(27-12-18)32-13-17-10-21(25)34-22(17)20-7-8-29(15(3)28-20)33-19-6-4-5-16(9-19)23(30)31/h7-8,10-12,14-16,19H,4-6,9,13H2,1-3H3,(H,30,31)/t15?,16-,19-/m0/s1. The molecule has 4 rings (SSSR count). The minimum absolute atomic E-state index is 0.124. The molecule has 8 nitrogen and oxygen atoms in total. The second kappa shape index (κ2) is 10.8. The predicted molar refractivity (Wildman–Crippen MR) is 131 cm³/mol. The maximum Gasteiger partial charge on any atom is 0.316 e. The summed E-state index contributed by atoms with van der Waals surface area (Å²) in [5.41, 5.74) is 2.76. The first-order valence-electron chi connectivity index (χ1n) is 11.5. The zero-order valence-corrected chi connectivity index (χ0v) is 21.1. The largest absolute Gasteiger partial charge is 0.481 e. The van der Waals surface area contributed by atoms with Gasteiger partial charge in [0.2, 0.25) is 0 Å². The van der Waals surface area contributed by atoms with Crippen molar-refractivity contribution in [2.24, 2.45) is 10.9 Å². The molecule has 0 aromatic carbocycles. The van der Waals surface area contributed by atoms with Gasteiger partial charge in [0.1, 0.15) is 12.8 Å². The van der Waals surface area contributed by atoms with Gasteiger partial charge in [-0.15, -0.1) is 11.3 Å². The first-order chi connectivity index (χ1) is 16.3. The predicted octanol–water partition coefficient (Wildman–Crippen LogP) is 5.43. The van der Waals surface area contributed by atoms with Crippen molar-refractivity contribution in [1.29, 1.82) is 0 Å². The Morgan fingerprint density at radius 2 is 2.09 bits per heavy atom. The van der Waals surface area contributed by atoms with Crippen LogP contribution in [0.25, 0.3) is 0 Å². The van der Waals surface area contributed by atoms with Gasteiger partial charge in [0, 0.05) is 24.2 Å². The number of rotatable bonds is 8. The van der Waals surface area contributed by atoms with Crippen LogP contribution in [-0.4, -0.2) is 44.1 Å². The molecule has 0 bridgehead atoms. The molecule has 1 N–H and O–H groups in total. The first kappa shape index (κ1) is 24.6. The van der Waals surface area contributed by atoms with Crippen molar-refractivity contribution in [2.45, 2.75) is 71.2 Å². The average molecular weight is 505 g/mol. The van der Waals surface area contributed by atoms with Gasteiger partial charge in [-0.3, -0.25) is 14.6 Å². The van der Waals surface area contributed by atoms with Crippen LogP contribution in [0.1, 0.15) is 68.4 Å². The van der Waals surface area contributed by atoms with E-state index < -0.39 is 5.97 Å². The smallest absolute Gasteiger partial charge is 0.316 e. The Balaban J connectivity index is 1.40. The quantitative estimate of drug-likeness (QED) is 0.511. The third-order valence-electron chi connectivity index (χ3n) is 6.00. The van der Waals surface area contributed by atoms with E-state index in [0.29, 0.717) is 29.1 Å². The van der Waals surface area contributed by atoms with Gasteiger partial charge in [-0.2, -0.15) is 0 Å². The van der Waals surface area contributed by atoms with Gasteiger partial charge >= 0.3 is 12.0 Å². The number of hydrogen-bond acceptors (Lipinski definition) is 8. The van der Waals surface area contributed by atoms with Crippen molar-refractivity contribution in [3.63, 3.8) is 0 Å². The van der Waals surface area contributed by atoms with Crippen LogP contribution in [0.3, 0.4) is 0 Å². The highest BCUT2D eigenvalue weighted by Crippen LogP contribution is 2.32. The zero-order chi connectivity index (χ0) is 24.2. The van der Waals surface area contributed by atoms with Crippen LogP contribution in [0.4, 0.5) is 0 Å². The fraction of sp³-hybridized carbons (Fsp3) is 0.500. The number of aliphatic carboxylic acids is 1. The van der Waals surface area contributed by atoms with Gasteiger partial charge in [0.05, 0.1) is 26.9 Å². The van der Waals surface area contributed by atoms with E-state index in [9.17, 15) is 9.90 Å². The molecule has 0 amide bonds. The van der Waals surface area contributed by atoms with E-state index in [4.69, 9.17) is 26.2 Å². The van der Waals surface area contributed by atoms with Gasteiger partial charge in [-0.25, -0.2) is 15.0 Å². The molecule has 0 saturated heterocycles. The number of aliphatic imine (C=N–C) groups is 1. The van der Waals surface area contributed by atoms with E-state index in [1.54, 1.807) is 17.5 Å². The summed E-state index contributed by atoms with van der Waals surface area (Å²) in [7, 11) is 0. The summed E-state index contributed by atoms with van der Waals surface area (Å²) in [6, 6.07) is 2.20. The number of nitrogens with zero attached hydrogens (tertiary/aromatic N) is 4. The van der Waals surface area contributed by atoms with E-state index in [-0.39, 0.29) is 24.8 Å². The molecule has 3 atom stereocenters. The molecule has 2 aromatic rings. The highest BCUT2D eigenvalue weighted by atomic mass is 35.5. The van der Waals surface area contributed by atoms with Crippen LogP contribution < -0.4 is 4.74 Å². The number of hydroxylamine groups is 2. The maximum atomic E-state index is 11.3. The molecule has 1 fully saturated rings. The molecular weight excluding hydrogens is 476 g/mol. The van der Waals surface area contributed by atoms with Crippen LogP contribution >= 0.6 is 22.9 Å². The number of carboxylic acid groups (broad SMARTS) is 1. The van der Waals surface area contributed by atoms with Crippen molar-refractivity contribution in [1.82, 2.24) is 15.0 Å². The fourth-order valence-electron chi connectivity index (χ4n) is 4.02. The molecule has 1 unspecified atom stereocenters. The molecule has 2 aliphatic rings. The Morgan fingerprint density at radius 1 is 1.32 bits per heavy atom. The Labute approximate surface area is 208 Å². The summed E-state index contributed by atoms with van der Waals surface area (Å²) in [5.74, 6) is -0.737. The third kappa shape index (κ3) is 5.95. The second-order valence-electron chi connectivity index (χ2n) is 8.90. The van der Waals surface area contributed by atoms with Gasteiger partial charge < -0.3 is 9.84 Å². The summed E-state index contributed by atoms with van der Waals surface area (Å²) in [4.78, 5) is 31.7. The van der Waals surface area contributed by atoms with Crippen LogP contribution in [0.2, 0.25) is 4.34 Å². The molecule has 1 aliphatic heterocycles. The van der Waals surface area contributed by atoms with E-state index in [1.807, 2.05) is 25.3 Å². The zero-order valence-electron chi connectivity index (χ0n) is 19.5. The second-order valence-corrected chi connectivity index (χ2v) is 10.6. The molecule has 34 heavy (non-hydrogen) atoms. The van der Waals surface area contributed by atoms with Gasteiger partial charge in [-0.05, 0) is 56.2 Å². The Hall–Kier alpha value is -2.49.